The number of nitrogens with zero attached hydrogens (tertiary/aromatic N) is 2. The summed E-state index contributed by atoms with van der Waals surface area (Å²) in [4.78, 5) is 6.39. The van der Waals surface area contributed by atoms with Crippen molar-refractivity contribution in [3.05, 3.63) is 29.8 Å². The first kappa shape index (κ1) is 10.8. The maximum atomic E-state index is 9.25. The molecule has 0 radical (unpaired) electrons. The number of hydrogen-bond donors (Lipinski definition) is 2. The maximum Gasteiger partial charge on any atom is 0.191 e. The van der Waals surface area contributed by atoms with Crippen molar-refractivity contribution in [2.45, 2.75) is 19.4 Å². The fourth-order valence-electron chi connectivity index (χ4n) is 2.02. The van der Waals surface area contributed by atoms with Crippen molar-refractivity contribution in [1.29, 1.82) is 0 Å². The van der Waals surface area contributed by atoms with Gasteiger partial charge in [0.25, 0.3) is 0 Å². The molecule has 0 aromatic heterocycles. The lowest BCUT2D eigenvalue weighted by atomic mass is 10.1. The van der Waals surface area contributed by atoms with Crippen molar-refractivity contribution in [3.63, 3.8) is 0 Å². The molecule has 1 atom stereocenters. The van der Waals surface area contributed by atoms with E-state index in [9.17, 15) is 5.11 Å². The van der Waals surface area contributed by atoms with Gasteiger partial charge in [0, 0.05) is 6.54 Å². The third-order valence-electron chi connectivity index (χ3n) is 2.84. The van der Waals surface area contributed by atoms with Crippen molar-refractivity contribution >= 4 is 5.96 Å². The van der Waals surface area contributed by atoms with E-state index in [0.717, 1.165) is 18.5 Å². The smallest absolute Gasteiger partial charge is 0.191 e. The Morgan fingerprint density at radius 3 is 2.75 bits per heavy atom. The van der Waals surface area contributed by atoms with Crippen LogP contribution in [-0.4, -0.2) is 29.1 Å². The predicted molar refractivity (Wildman–Crippen MR) is 64.3 cm³/mol. The van der Waals surface area contributed by atoms with E-state index in [4.69, 9.17) is 5.73 Å². The minimum atomic E-state index is 0.223. The number of benzene rings is 1. The highest BCUT2D eigenvalue weighted by atomic mass is 16.3. The zero-order valence-electron chi connectivity index (χ0n) is 9.43. The van der Waals surface area contributed by atoms with Crippen LogP contribution in [0.15, 0.2) is 29.3 Å². The van der Waals surface area contributed by atoms with Crippen LogP contribution in [0.4, 0.5) is 0 Å². The molecule has 1 aromatic rings. The van der Waals surface area contributed by atoms with E-state index >= 15 is 0 Å². The van der Waals surface area contributed by atoms with Crippen LogP contribution in [0.3, 0.4) is 0 Å². The van der Waals surface area contributed by atoms with Gasteiger partial charge in [-0.2, -0.15) is 0 Å². The number of rotatable bonds is 3. The number of aromatic hydroxyl groups is 1. The summed E-state index contributed by atoms with van der Waals surface area (Å²) in [5.74, 6) is 0.914. The van der Waals surface area contributed by atoms with Gasteiger partial charge in [-0.25, -0.2) is 0 Å². The molecule has 0 aliphatic carbocycles. The molecule has 0 amide bonds. The molecule has 1 aromatic carbocycles. The molecule has 0 bridgehead atoms. The maximum absolute atomic E-state index is 9.25. The number of hydrogen-bond acceptors (Lipinski definition) is 4. The van der Waals surface area contributed by atoms with Gasteiger partial charge in [-0.15, -0.1) is 0 Å². The molecule has 1 aliphatic rings. The van der Waals surface area contributed by atoms with E-state index in [1.807, 2.05) is 12.1 Å². The summed E-state index contributed by atoms with van der Waals surface area (Å²) in [6, 6.07) is 7.48. The largest absolute Gasteiger partial charge is 0.508 e. The van der Waals surface area contributed by atoms with Crippen LogP contribution >= 0.6 is 0 Å². The molecule has 3 N–H and O–H groups in total. The average molecular weight is 219 g/mol. The van der Waals surface area contributed by atoms with Crippen LogP contribution in [0.25, 0.3) is 0 Å². The van der Waals surface area contributed by atoms with Gasteiger partial charge in [-0.05, 0) is 24.1 Å². The molecule has 4 heteroatoms. The molecular formula is C12H17N3O. The topological polar surface area (TPSA) is 61.8 Å². The highest BCUT2D eigenvalue weighted by molar-refractivity contribution is 5.80. The van der Waals surface area contributed by atoms with Crippen molar-refractivity contribution in [1.82, 2.24) is 4.90 Å². The highest BCUT2D eigenvalue weighted by Gasteiger charge is 2.26. The van der Waals surface area contributed by atoms with E-state index in [0.29, 0.717) is 12.5 Å². The first-order valence-electron chi connectivity index (χ1n) is 5.58. The van der Waals surface area contributed by atoms with E-state index in [1.54, 1.807) is 12.1 Å². The van der Waals surface area contributed by atoms with E-state index in [2.05, 4.69) is 16.8 Å². The van der Waals surface area contributed by atoms with Crippen LogP contribution < -0.4 is 5.73 Å². The van der Waals surface area contributed by atoms with Crippen LogP contribution in [-0.2, 0) is 0 Å². The molecule has 0 fully saturated rings. The van der Waals surface area contributed by atoms with Gasteiger partial charge < -0.3 is 15.7 Å². The molecule has 1 unspecified atom stereocenters. The van der Waals surface area contributed by atoms with Crippen LogP contribution in [0, 0.1) is 0 Å². The number of phenols is 1. The first-order chi connectivity index (χ1) is 7.72. The van der Waals surface area contributed by atoms with Gasteiger partial charge in [0.05, 0.1) is 12.6 Å². The van der Waals surface area contributed by atoms with Crippen LogP contribution in [0.5, 0.6) is 5.75 Å². The van der Waals surface area contributed by atoms with Crippen LogP contribution in [0.1, 0.15) is 24.9 Å². The van der Waals surface area contributed by atoms with Crippen LogP contribution in [0.2, 0.25) is 0 Å². The lowest BCUT2D eigenvalue weighted by Gasteiger charge is -2.26. The molecular weight excluding hydrogens is 202 g/mol. The standard InChI is InChI=1S/C12H17N3O/c1-2-7-15-11(8-14-12(15)13)9-3-5-10(16)6-4-9/h3-6,11,16H,2,7-8H2,1H3,(H2,13,14). The van der Waals surface area contributed by atoms with Gasteiger partial charge in [-0.1, -0.05) is 19.1 Å². The van der Waals surface area contributed by atoms with E-state index in [-0.39, 0.29) is 11.8 Å². The molecule has 1 aliphatic heterocycles. The summed E-state index contributed by atoms with van der Waals surface area (Å²) in [6.45, 7) is 3.75. The lowest BCUT2D eigenvalue weighted by molar-refractivity contribution is 0.347. The third kappa shape index (κ3) is 1.96. The molecule has 2 rings (SSSR count). The molecule has 0 saturated heterocycles. The second-order valence-corrected chi connectivity index (χ2v) is 4.00. The summed E-state index contributed by atoms with van der Waals surface area (Å²) in [6.07, 6.45) is 1.05. The van der Waals surface area contributed by atoms with Gasteiger partial charge in [-0.3, -0.25) is 4.99 Å². The Kier molecular flexibility index (Phi) is 2.99. The van der Waals surface area contributed by atoms with Crippen molar-refractivity contribution in [2.75, 3.05) is 13.1 Å². The SMILES string of the molecule is CCCN1C(N)=NCC1c1ccc(O)cc1. The monoisotopic (exact) mass is 219 g/mol. The fourth-order valence-corrected chi connectivity index (χ4v) is 2.02. The number of phenolic OH excluding ortho intramolecular Hbond substituents is 1. The third-order valence-corrected chi connectivity index (χ3v) is 2.84. The normalized spacial score (nSPS) is 19.9. The van der Waals surface area contributed by atoms with E-state index < -0.39 is 0 Å². The predicted octanol–water partition coefficient (Wildman–Crippen LogP) is 1.47. The highest BCUT2D eigenvalue weighted by Crippen LogP contribution is 2.26. The second kappa shape index (κ2) is 4.43. The Labute approximate surface area is 95.4 Å². The Morgan fingerprint density at radius 2 is 2.12 bits per heavy atom. The van der Waals surface area contributed by atoms with Crippen molar-refractivity contribution in [3.8, 4) is 5.75 Å². The summed E-state index contributed by atoms with van der Waals surface area (Å²) in [5.41, 5.74) is 7.00. The molecule has 0 saturated carbocycles. The number of guanidine groups is 1. The summed E-state index contributed by atoms with van der Waals surface area (Å²) in [5, 5.41) is 9.25. The van der Waals surface area contributed by atoms with Gasteiger partial charge >= 0.3 is 0 Å². The first-order valence-corrected chi connectivity index (χ1v) is 5.58. The fraction of sp³-hybridized carbons (Fsp3) is 0.417. The molecule has 4 nitrogen and oxygen atoms in total. The van der Waals surface area contributed by atoms with Gasteiger partial charge in [0.15, 0.2) is 5.96 Å². The number of aliphatic imine (C=N–C) groups is 1. The zero-order valence-corrected chi connectivity index (χ0v) is 9.43. The van der Waals surface area contributed by atoms with Gasteiger partial charge in [0.2, 0.25) is 0 Å². The lowest BCUT2D eigenvalue weighted by Crippen LogP contribution is -2.36. The molecule has 0 spiro atoms. The van der Waals surface area contributed by atoms with E-state index in [1.165, 1.54) is 0 Å². The minimum absolute atomic E-state index is 0.223. The molecule has 86 valence electrons. The molecule has 1 heterocycles. The molecule has 16 heavy (non-hydrogen) atoms. The van der Waals surface area contributed by atoms with Gasteiger partial charge in [0.1, 0.15) is 5.75 Å². The minimum Gasteiger partial charge on any atom is -0.508 e. The Balaban J connectivity index is 2.18. The summed E-state index contributed by atoms with van der Waals surface area (Å²) < 4.78 is 0. The summed E-state index contributed by atoms with van der Waals surface area (Å²) >= 11 is 0. The van der Waals surface area contributed by atoms with Crippen molar-refractivity contribution < 1.29 is 5.11 Å². The second-order valence-electron chi connectivity index (χ2n) is 4.00. The zero-order chi connectivity index (χ0) is 11.5. The quantitative estimate of drug-likeness (QED) is 0.809. The average Bonchev–Trinajstić information content (AvgIpc) is 2.63. The van der Waals surface area contributed by atoms with Crippen molar-refractivity contribution in [2.24, 2.45) is 10.7 Å². The Bertz CT molecular complexity index is 386. The number of nitrogens with two attached hydrogens (primary N) is 1. The summed E-state index contributed by atoms with van der Waals surface area (Å²) in [7, 11) is 0. The Morgan fingerprint density at radius 1 is 1.44 bits per heavy atom. The Hall–Kier alpha value is -1.71.